The number of amides is 1. The third-order valence-electron chi connectivity index (χ3n) is 5.29. The number of H-pyrrole nitrogens is 1. The Bertz CT molecular complexity index is 1360. The third kappa shape index (κ3) is 2.88. The second kappa shape index (κ2) is 6.87. The van der Waals surface area contributed by atoms with Crippen LogP contribution in [0.1, 0.15) is 33.9 Å². The van der Waals surface area contributed by atoms with Crippen LogP contribution in [0.3, 0.4) is 0 Å². The van der Waals surface area contributed by atoms with Crippen molar-refractivity contribution in [1.82, 2.24) is 35.0 Å². The van der Waals surface area contributed by atoms with Crippen LogP contribution < -0.4 is 0 Å². The topological polar surface area (TPSA) is 127 Å². The zero-order valence-corrected chi connectivity index (χ0v) is 16.1. The quantitative estimate of drug-likeness (QED) is 0.478. The molecule has 5 aromatic rings. The van der Waals surface area contributed by atoms with E-state index in [4.69, 9.17) is 8.83 Å². The maximum atomic E-state index is 13.4. The first-order valence-corrected chi connectivity index (χ1v) is 9.69. The van der Waals surface area contributed by atoms with E-state index < -0.39 is 11.9 Å². The number of aromatic amines is 1. The molecule has 0 unspecified atom stereocenters. The molecule has 1 aliphatic rings. The van der Waals surface area contributed by atoms with E-state index in [9.17, 15) is 4.79 Å². The van der Waals surface area contributed by atoms with Crippen LogP contribution in [0, 0.1) is 0 Å². The highest BCUT2D eigenvalue weighted by atomic mass is 16.4. The zero-order chi connectivity index (χ0) is 20.8. The number of benzene rings is 1. The summed E-state index contributed by atoms with van der Waals surface area (Å²) in [4.78, 5) is 30.8. The molecule has 10 heteroatoms. The Kier molecular flexibility index (Phi) is 3.88. The lowest BCUT2D eigenvalue weighted by atomic mass is 10.00. The molecule has 1 atom stereocenters. The minimum atomic E-state index is -0.512. The lowest BCUT2D eigenvalue weighted by Crippen LogP contribution is -2.40. The van der Waals surface area contributed by atoms with Crippen molar-refractivity contribution in [2.24, 2.45) is 0 Å². The van der Waals surface area contributed by atoms with E-state index in [1.165, 1.54) is 12.4 Å². The van der Waals surface area contributed by atoms with Crippen molar-refractivity contribution in [2.75, 3.05) is 6.54 Å². The number of para-hydroxylation sites is 1. The van der Waals surface area contributed by atoms with E-state index in [-0.39, 0.29) is 11.8 Å². The molecule has 0 radical (unpaired) electrons. The zero-order valence-electron chi connectivity index (χ0n) is 16.1. The molecule has 1 amide bonds. The Morgan fingerprint density at radius 2 is 2.06 bits per heavy atom. The SMILES string of the molecule is O=C(c1nnc(-c2cnccn2)o1)N1CCc2[nH]cnc2[C@H]1c1cc2ccccc2o1. The molecule has 5 heterocycles. The normalized spacial score (nSPS) is 15.9. The van der Waals surface area contributed by atoms with E-state index in [2.05, 4.69) is 30.1 Å². The van der Waals surface area contributed by atoms with Gasteiger partial charge in [-0.25, -0.2) is 9.97 Å². The standard InChI is InChI=1S/C21H15N7O3/c29-21(20-27-26-19(31-20)14-10-22-6-7-23-14)28-8-5-13-17(25-11-24-13)18(28)16-9-12-3-1-2-4-15(12)30-16/h1-4,6-7,9-11,18H,5,8H2,(H,24,25)/t18-/m1/s1. The first-order chi connectivity index (χ1) is 15.3. The predicted molar refractivity (Wildman–Crippen MR) is 107 cm³/mol. The summed E-state index contributed by atoms with van der Waals surface area (Å²) >= 11 is 0. The Morgan fingerprint density at radius 1 is 1.13 bits per heavy atom. The monoisotopic (exact) mass is 413 g/mol. The first-order valence-electron chi connectivity index (χ1n) is 9.69. The van der Waals surface area contributed by atoms with Gasteiger partial charge in [0.25, 0.3) is 5.89 Å². The molecule has 152 valence electrons. The third-order valence-corrected chi connectivity index (χ3v) is 5.29. The Balaban J connectivity index is 1.40. The van der Waals surface area contributed by atoms with Crippen molar-refractivity contribution >= 4 is 16.9 Å². The molecule has 0 saturated carbocycles. The van der Waals surface area contributed by atoms with Gasteiger partial charge >= 0.3 is 11.8 Å². The van der Waals surface area contributed by atoms with Crippen molar-refractivity contribution in [3.05, 3.63) is 78.3 Å². The van der Waals surface area contributed by atoms with E-state index in [0.717, 1.165) is 22.4 Å². The van der Waals surface area contributed by atoms with Gasteiger partial charge in [-0.3, -0.25) is 9.78 Å². The maximum absolute atomic E-state index is 13.4. The number of furan rings is 1. The largest absolute Gasteiger partial charge is 0.458 e. The van der Waals surface area contributed by atoms with Crippen LogP contribution in [0.25, 0.3) is 22.6 Å². The average Bonchev–Trinajstić information content (AvgIpc) is 3.57. The fourth-order valence-electron chi connectivity index (χ4n) is 3.87. The molecule has 1 N–H and O–H groups in total. The van der Waals surface area contributed by atoms with Gasteiger partial charge in [-0.1, -0.05) is 18.2 Å². The first kappa shape index (κ1) is 17.5. The molecule has 4 aromatic heterocycles. The molecule has 6 rings (SSSR count). The predicted octanol–water partition coefficient (Wildman–Crippen LogP) is 2.78. The Labute approximate surface area is 175 Å². The highest BCUT2D eigenvalue weighted by Crippen LogP contribution is 2.37. The number of nitrogens with zero attached hydrogens (tertiary/aromatic N) is 6. The highest BCUT2D eigenvalue weighted by Gasteiger charge is 2.38. The number of rotatable bonds is 3. The summed E-state index contributed by atoms with van der Waals surface area (Å²) in [6, 6.07) is 9.13. The Morgan fingerprint density at radius 3 is 2.94 bits per heavy atom. The molecule has 31 heavy (non-hydrogen) atoms. The van der Waals surface area contributed by atoms with Gasteiger partial charge in [0.05, 0.1) is 18.2 Å². The van der Waals surface area contributed by atoms with Crippen LogP contribution in [0.2, 0.25) is 0 Å². The summed E-state index contributed by atoms with van der Waals surface area (Å²) in [6.45, 7) is 0.443. The van der Waals surface area contributed by atoms with Crippen LogP contribution in [0.5, 0.6) is 0 Å². The van der Waals surface area contributed by atoms with Crippen molar-refractivity contribution in [3.63, 3.8) is 0 Å². The summed E-state index contributed by atoms with van der Waals surface area (Å²) in [6.07, 6.45) is 6.81. The summed E-state index contributed by atoms with van der Waals surface area (Å²) in [7, 11) is 0. The van der Waals surface area contributed by atoms with Crippen LogP contribution in [-0.2, 0) is 6.42 Å². The number of hydrogen-bond donors (Lipinski definition) is 1. The second-order valence-electron chi connectivity index (χ2n) is 7.11. The van der Waals surface area contributed by atoms with Gasteiger partial charge in [0.2, 0.25) is 0 Å². The fraction of sp³-hybridized carbons (Fsp3) is 0.143. The molecule has 0 fully saturated rings. The highest BCUT2D eigenvalue weighted by molar-refractivity contribution is 5.90. The number of hydrogen-bond acceptors (Lipinski definition) is 8. The molecular weight excluding hydrogens is 398 g/mol. The molecule has 10 nitrogen and oxygen atoms in total. The van der Waals surface area contributed by atoms with E-state index in [1.807, 2.05) is 30.3 Å². The lowest BCUT2D eigenvalue weighted by Gasteiger charge is -2.32. The minimum absolute atomic E-state index is 0.124. The van der Waals surface area contributed by atoms with E-state index in [1.54, 1.807) is 17.4 Å². The van der Waals surface area contributed by atoms with Crippen molar-refractivity contribution in [2.45, 2.75) is 12.5 Å². The molecule has 0 aliphatic carbocycles. The molecule has 1 aliphatic heterocycles. The second-order valence-corrected chi connectivity index (χ2v) is 7.11. The smallest absolute Gasteiger partial charge is 0.312 e. The molecular formula is C21H15N7O3. The summed E-state index contributed by atoms with van der Waals surface area (Å²) < 4.78 is 11.7. The minimum Gasteiger partial charge on any atom is -0.458 e. The van der Waals surface area contributed by atoms with Gasteiger partial charge in [-0.05, 0) is 12.1 Å². The lowest BCUT2D eigenvalue weighted by molar-refractivity contribution is 0.0632. The van der Waals surface area contributed by atoms with Gasteiger partial charge in [0, 0.05) is 36.4 Å². The molecule has 0 spiro atoms. The number of carbonyl (C=O) groups excluding carboxylic acids is 1. The van der Waals surface area contributed by atoms with Gasteiger partial charge in [0.15, 0.2) is 0 Å². The van der Waals surface area contributed by atoms with Gasteiger partial charge in [-0.15, -0.1) is 10.2 Å². The van der Waals surface area contributed by atoms with Crippen LogP contribution in [-0.4, -0.2) is 47.5 Å². The van der Waals surface area contributed by atoms with E-state index in [0.29, 0.717) is 24.4 Å². The number of fused-ring (bicyclic) bond motifs is 2. The summed E-state index contributed by atoms with van der Waals surface area (Å²) in [5, 5.41) is 8.86. The Hall–Kier alpha value is -4.34. The fourth-order valence-corrected chi connectivity index (χ4v) is 3.87. The molecule has 0 bridgehead atoms. The van der Waals surface area contributed by atoms with Crippen LogP contribution in [0.4, 0.5) is 0 Å². The molecule has 1 aromatic carbocycles. The van der Waals surface area contributed by atoms with E-state index >= 15 is 0 Å². The number of imidazole rings is 1. The van der Waals surface area contributed by atoms with Crippen molar-refractivity contribution < 1.29 is 13.6 Å². The summed E-state index contributed by atoms with van der Waals surface area (Å²) in [5.41, 5.74) is 2.86. The van der Waals surface area contributed by atoms with Gasteiger partial charge in [-0.2, -0.15) is 0 Å². The van der Waals surface area contributed by atoms with Gasteiger partial charge in [0.1, 0.15) is 23.1 Å². The summed E-state index contributed by atoms with van der Waals surface area (Å²) in [5.74, 6) is 0.230. The number of nitrogens with one attached hydrogen (secondary N) is 1. The van der Waals surface area contributed by atoms with Gasteiger partial charge < -0.3 is 18.7 Å². The van der Waals surface area contributed by atoms with Crippen molar-refractivity contribution in [1.29, 1.82) is 0 Å². The number of aromatic nitrogens is 6. The van der Waals surface area contributed by atoms with Crippen LogP contribution >= 0.6 is 0 Å². The van der Waals surface area contributed by atoms with Crippen molar-refractivity contribution in [3.8, 4) is 11.6 Å². The average molecular weight is 413 g/mol. The maximum Gasteiger partial charge on any atom is 0.312 e. The molecule has 0 saturated heterocycles. The number of carbonyl (C=O) groups is 1. The van der Waals surface area contributed by atoms with Crippen LogP contribution in [0.15, 0.2) is 64.1 Å².